The molecule has 2 unspecified atom stereocenters. The van der Waals surface area contributed by atoms with Gasteiger partial charge < -0.3 is 15.2 Å². The molecule has 0 bridgehead atoms. The van der Waals surface area contributed by atoms with Gasteiger partial charge in [0, 0.05) is 5.54 Å². The van der Waals surface area contributed by atoms with E-state index in [-0.39, 0.29) is 5.54 Å². The summed E-state index contributed by atoms with van der Waals surface area (Å²) in [6.45, 7) is 3.56. The first-order valence-electron chi connectivity index (χ1n) is 6.20. The van der Waals surface area contributed by atoms with Gasteiger partial charge in [-0.2, -0.15) is 0 Å². The fourth-order valence-corrected chi connectivity index (χ4v) is 2.62. The highest BCUT2D eigenvalue weighted by molar-refractivity contribution is 4.89. The highest BCUT2D eigenvalue weighted by Gasteiger charge is 2.30. The van der Waals surface area contributed by atoms with Gasteiger partial charge in [0.15, 0.2) is 0 Å². The number of nitrogens with two attached hydrogens (primary N) is 1. The van der Waals surface area contributed by atoms with Crippen LogP contribution in [0.3, 0.4) is 0 Å². The van der Waals surface area contributed by atoms with Crippen molar-refractivity contribution >= 4 is 0 Å². The molecule has 0 amide bonds. The van der Waals surface area contributed by atoms with E-state index in [1.807, 2.05) is 0 Å². The fraction of sp³-hybridized carbons (Fsp3) is 1.00. The van der Waals surface area contributed by atoms with Gasteiger partial charge in [-0.05, 0) is 32.6 Å². The van der Waals surface area contributed by atoms with Crippen molar-refractivity contribution in [3.05, 3.63) is 0 Å². The first-order chi connectivity index (χ1) is 7.18. The van der Waals surface area contributed by atoms with E-state index in [0.717, 1.165) is 25.9 Å². The topological polar surface area (TPSA) is 44.5 Å². The van der Waals surface area contributed by atoms with Gasteiger partial charge in [-0.1, -0.05) is 12.8 Å². The number of hydrogen-bond donors (Lipinski definition) is 1. The zero-order chi connectivity index (χ0) is 10.7. The molecule has 0 aromatic heterocycles. The summed E-state index contributed by atoms with van der Waals surface area (Å²) in [7, 11) is 0. The smallest absolute Gasteiger partial charge is 0.0813 e. The Labute approximate surface area is 92.3 Å². The molecular weight excluding hydrogens is 190 g/mol. The Bertz CT molecular complexity index is 202. The van der Waals surface area contributed by atoms with Crippen molar-refractivity contribution in [1.82, 2.24) is 0 Å². The maximum Gasteiger partial charge on any atom is 0.0813 e. The van der Waals surface area contributed by atoms with Crippen LogP contribution < -0.4 is 5.73 Å². The average molecular weight is 213 g/mol. The van der Waals surface area contributed by atoms with Gasteiger partial charge in [-0.3, -0.25) is 0 Å². The fourth-order valence-electron chi connectivity index (χ4n) is 2.62. The predicted octanol–water partition coefficient (Wildman–Crippen LogP) is 1.84. The maximum absolute atomic E-state index is 6.21. The van der Waals surface area contributed by atoms with E-state index in [0.29, 0.717) is 18.8 Å². The normalized spacial score (nSPS) is 34.8. The molecule has 0 aromatic carbocycles. The second kappa shape index (κ2) is 4.81. The average Bonchev–Trinajstić information content (AvgIpc) is 2.76. The van der Waals surface area contributed by atoms with Crippen LogP contribution in [-0.2, 0) is 9.47 Å². The van der Waals surface area contributed by atoms with Crippen LogP contribution in [0.5, 0.6) is 0 Å². The minimum Gasteiger partial charge on any atom is -0.377 e. The lowest BCUT2D eigenvalue weighted by atomic mass is 10.0. The third-order valence-electron chi connectivity index (χ3n) is 3.61. The summed E-state index contributed by atoms with van der Waals surface area (Å²) >= 11 is 0. The summed E-state index contributed by atoms with van der Waals surface area (Å²) in [5, 5.41) is 0. The van der Waals surface area contributed by atoms with Gasteiger partial charge in [-0.15, -0.1) is 0 Å². The summed E-state index contributed by atoms with van der Waals surface area (Å²) in [6, 6.07) is 0. The molecule has 3 heteroatoms. The lowest BCUT2D eigenvalue weighted by Crippen LogP contribution is -2.42. The zero-order valence-corrected chi connectivity index (χ0v) is 9.71. The third kappa shape index (κ3) is 3.16. The van der Waals surface area contributed by atoms with Crippen molar-refractivity contribution in [1.29, 1.82) is 0 Å². The number of hydrogen-bond acceptors (Lipinski definition) is 3. The van der Waals surface area contributed by atoms with Crippen molar-refractivity contribution in [3.8, 4) is 0 Å². The van der Waals surface area contributed by atoms with Crippen LogP contribution in [0, 0.1) is 0 Å². The third-order valence-corrected chi connectivity index (χ3v) is 3.61. The maximum atomic E-state index is 6.21. The first kappa shape index (κ1) is 11.4. The van der Waals surface area contributed by atoms with Crippen LogP contribution in [0.1, 0.15) is 45.4 Å². The Kier molecular flexibility index (Phi) is 3.65. The molecule has 2 aliphatic rings. The minimum absolute atomic E-state index is 0.0375. The van der Waals surface area contributed by atoms with E-state index < -0.39 is 0 Å². The largest absolute Gasteiger partial charge is 0.377 e. The predicted molar refractivity (Wildman–Crippen MR) is 59.8 cm³/mol. The summed E-state index contributed by atoms with van der Waals surface area (Å²) in [5.41, 5.74) is 6.17. The number of ether oxygens (including phenoxy) is 2. The number of rotatable bonds is 4. The van der Waals surface area contributed by atoms with E-state index in [1.165, 1.54) is 19.3 Å². The molecule has 15 heavy (non-hydrogen) atoms. The van der Waals surface area contributed by atoms with Crippen molar-refractivity contribution in [2.24, 2.45) is 5.73 Å². The second-order valence-electron chi connectivity index (χ2n) is 5.23. The molecule has 2 rings (SSSR count). The molecule has 2 N–H and O–H groups in total. The van der Waals surface area contributed by atoms with E-state index in [4.69, 9.17) is 15.2 Å². The Morgan fingerprint density at radius 1 is 1.33 bits per heavy atom. The molecule has 1 heterocycles. The second-order valence-corrected chi connectivity index (χ2v) is 5.23. The van der Waals surface area contributed by atoms with Crippen LogP contribution in [0.4, 0.5) is 0 Å². The van der Waals surface area contributed by atoms with Gasteiger partial charge in [0.1, 0.15) is 0 Å². The van der Waals surface area contributed by atoms with Crippen LogP contribution >= 0.6 is 0 Å². The van der Waals surface area contributed by atoms with Gasteiger partial charge in [0.05, 0.1) is 25.4 Å². The molecule has 2 atom stereocenters. The minimum atomic E-state index is -0.0375. The molecular formula is C12H23NO2. The van der Waals surface area contributed by atoms with Gasteiger partial charge in [0.25, 0.3) is 0 Å². The van der Waals surface area contributed by atoms with E-state index in [9.17, 15) is 0 Å². The molecule has 0 spiro atoms. The van der Waals surface area contributed by atoms with Crippen molar-refractivity contribution < 1.29 is 9.47 Å². The molecule has 1 saturated heterocycles. The molecule has 1 saturated carbocycles. The summed E-state index contributed by atoms with van der Waals surface area (Å²) in [4.78, 5) is 0. The molecule has 88 valence electrons. The highest BCUT2D eigenvalue weighted by atomic mass is 16.5. The Morgan fingerprint density at radius 3 is 2.67 bits per heavy atom. The Balaban J connectivity index is 1.62. The van der Waals surface area contributed by atoms with Gasteiger partial charge in [-0.25, -0.2) is 0 Å². The van der Waals surface area contributed by atoms with Gasteiger partial charge >= 0.3 is 0 Å². The zero-order valence-electron chi connectivity index (χ0n) is 9.71. The van der Waals surface area contributed by atoms with Crippen LogP contribution in [0.2, 0.25) is 0 Å². The van der Waals surface area contributed by atoms with Crippen LogP contribution in [0.15, 0.2) is 0 Å². The summed E-state index contributed by atoms with van der Waals surface area (Å²) < 4.78 is 11.4. The molecule has 2 fully saturated rings. The summed E-state index contributed by atoms with van der Waals surface area (Å²) in [6.07, 6.45) is 7.79. The lowest BCUT2D eigenvalue weighted by Gasteiger charge is -2.24. The molecule has 3 nitrogen and oxygen atoms in total. The molecule has 1 aliphatic heterocycles. The molecule has 0 aromatic rings. The standard InChI is InChI=1S/C12H23NO2/c1-10-4-5-11(15-10)8-14-9-12(13)6-2-3-7-12/h10-11H,2-9,13H2,1H3. The SMILES string of the molecule is CC1CCC(COCC2(N)CCCC2)O1. The van der Waals surface area contributed by atoms with E-state index >= 15 is 0 Å². The van der Waals surface area contributed by atoms with Crippen molar-refractivity contribution in [2.45, 2.75) is 63.2 Å². The molecule has 0 radical (unpaired) electrons. The highest BCUT2D eigenvalue weighted by Crippen LogP contribution is 2.27. The molecule has 1 aliphatic carbocycles. The van der Waals surface area contributed by atoms with Gasteiger partial charge in [0.2, 0.25) is 0 Å². The monoisotopic (exact) mass is 213 g/mol. The lowest BCUT2D eigenvalue weighted by molar-refractivity contribution is -0.0205. The van der Waals surface area contributed by atoms with Crippen LogP contribution in [-0.4, -0.2) is 31.0 Å². The van der Waals surface area contributed by atoms with E-state index in [1.54, 1.807) is 0 Å². The van der Waals surface area contributed by atoms with Crippen molar-refractivity contribution in [2.75, 3.05) is 13.2 Å². The quantitative estimate of drug-likeness (QED) is 0.775. The van der Waals surface area contributed by atoms with Crippen molar-refractivity contribution in [3.63, 3.8) is 0 Å². The Morgan fingerprint density at radius 2 is 2.07 bits per heavy atom. The summed E-state index contributed by atoms with van der Waals surface area (Å²) in [5.74, 6) is 0. The Hall–Kier alpha value is -0.120. The van der Waals surface area contributed by atoms with E-state index in [2.05, 4.69) is 6.92 Å². The first-order valence-corrected chi connectivity index (χ1v) is 6.20. The van der Waals surface area contributed by atoms with Crippen LogP contribution in [0.25, 0.3) is 0 Å².